The van der Waals surface area contributed by atoms with Gasteiger partial charge in [-0.15, -0.1) is 0 Å². The summed E-state index contributed by atoms with van der Waals surface area (Å²) in [4.78, 5) is 0. The molecule has 0 fully saturated rings. The summed E-state index contributed by atoms with van der Waals surface area (Å²) >= 11 is 0. The van der Waals surface area contributed by atoms with Crippen LogP contribution in [0.3, 0.4) is 0 Å². The Balaban J connectivity index is 2.41. The van der Waals surface area contributed by atoms with Gasteiger partial charge in [0.05, 0.1) is 0 Å². The van der Waals surface area contributed by atoms with E-state index in [1.54, 1.807) is 0 Å². The Kier molecular flexibility index (Phi) is 3.63. The highest BCUT2D eigenvalue weighted by molar-refractivity contribution is 5.41. The zero-order chi connectivity index (χ0) is 12.3. The molecule has 0 saturated heterocycles. The van der Waals surface area contributed by atoms with Gasteiger partial charge in [-0.3, -0.25) is 0 Å². The molecule has 0 amide bonds. The Labute approximate surface area is 104 Å². The third kappa shape index (κ3) is 2.41. The first-order valence-electron chi connectivity index (χ1n) is 6.37. The van der Waals surface area contributed by atoms with Crippen LogP contribution in [-0.2, 0) is 6.42 Å². The van der Waals surface area contributed by atoms with Gasteiger partial charge in [-0.05, 0) is 35.6 Å². The van der Waals surface area contributed by atoms with Crippen LogP contribution in [0.5, 0.6) is 0 Å². The van der Waals surface area contributed by atoms with Crippen LogP contribution in [0.2, 0.25) is 0 Å². The van der Waals surface area contributed by atoms with E-state index in [1.165, 1.54) is 22.3 Å². The Morgan fingerprint density at radius 1 is 0.941 bits per heavy atom. The Morgan fingerprint density at radius 3 is 2.29 bits per heavy atom. The quantitative estimate of drug-likeness (QED) is 0.708. The summed E-state index contributed by atoms with van der Waals surface area (Å²) in [7, 11) is 0. The van der Waals surface area contributed by atoms with E-state index in [9.17, 15) is 0 Å². The summed E-state index contributed by atoms with van der Waals surface area (Å²) in [5, 5.41) is 0. The molecule has 0 nitrogen and oxygen atoms in total. The van der Waals surface area contributed by atoms with Gasteiger partial charge in [-0.2, -0.15) is 0 Å². The van der Waals surface area contributed by atoms with Crippen LogP contribution >= 0.6 is 0 Å². The van der Waals surface area contributed by atoms with Gasteiger partial charge >= 0.3 is 0 Å². The Hall–Kier alpha value is -1.56. The number of hydrogen-bond acceptors (Lipinski definition) is 0. The van der Waals surface area contributed by atoms with Crippen molar-refractivity contribution < 1.29 is 0 Å². The molecule has 0 aliphatic heterocycles. The lowest BCUT2D eigenvalue weighted by molar-refractivity contribution is 0.900. The molecule has 2 aromatic rings. The minimum absolute atomic E-state index is 0.475. The van der Waals surface area contributed by atoms with Gasteiger partial charge in [0.25, 0.3) is 0 Å². The third-order valence-electron chi connectivity index (χ3n) is 3.63. The number of hydrogen-bond donors (Lipinski definition) is 0. The van der Waals surface area contributed by atoms with Crippen LogP contribution < -0.4 is 0 Å². The maximum absolute atomic E-state index is 2.29. The summed E-state index contributed by atoms with van der Waals surface area (Å²) in [5.74, 6) is 0.475. The highest BCUT2D eigenvalue weighted by atomic mass is 14.2. The lowest BCUT2D eigenvalue weighted by Crippen LogP contribution is -2.01. The molecular weight excluding hydrogens is 204 g/mol. The number of benzene rings is 2. The second-order valence-corrected chi connectivity index (χ2v) is 4.62. The fraction of sp³-hybridized carbons (Fsp3) is 0.294. The highest BCUT2D eigenvalue weighted by Crippen LogP contribution is 2.28. The molecule has 0 aliphatic rings. The van der Waals surface area contributed by atoms with Crippen LogP contribution in [0, 0.1) is 6.92 Å². The topological polar surface area (TPSA) is 0 Å². The maximum atomic E-state index is 2.29. The lowest BCUT2D eigenvalue weighted by Gasteiger charge is -2.17. The highest BCUT2D eigenvalue weighted by Gasteiger charge is 2.11. The van der Waals surface area contributed by atoms with Gasteiger partial charge in [0.2, 0.25) is 0 Å². The molecule has 0 aliphatic carbocycles. The van der Waals surface area contributed by atoms with Crippen LogP contribution in [0.1, 0.15) is 42.0 Å². The van der Waals surface area contributed by atoms with E-state index in [4.69, 9.17) is 0 Å². The minimum atomic E-state index is 0.475. The third-order valence-corrected chi connectivity index (χ3v) is 3.63. The summed E-state index contributed by atoms with van der Waals surface area (Å²) in [6.45, 7) is 6.75. The Bertz CT molecular complexity index is 483. The summed E-state index contributed by atoms with van der Waals surface area (Å²) in [5.41, 5.74) is 5.76. The zero-order valence-corrected chi connectivity index (χ0v) is 10.9. The van der Waals surface area contributed by atoms with Crippen molar-refractivity contribution in [3.8, 4) is 0 Å². The molecule has 0 heterocycles. The molecule has 0 radical (unpaired) electrons. The molecule has 2 rings (SSSR count). The van der Waals surface area contributed by atoms with Crippen molar-refractivity contribution >= 4 is 0 Å². The molecule has 0 bridgehead atoms. The fourth-order valence-electron chi connectivity index (χ4n) is 2.48. The van der Waals surface area contributed by atoms with Gasteiger partial charge in [0.15, 0.2) is 0 Å². The van der Waals surface area contributed by atoms with E-state index in [0.29, 0.717) is 5.92 Å². The molecule has 88 valence electrons. The molecule has 0 saturated carbocycles. The van der Waals surface area contributed by atoms with Crippen molar-refractivity contribution in [1.29, 1.82) is 0 Å². The number of aryl methyl sites for hydroxylation is 1. The van der Waals surface area contributed by atoms with Gasteiger partial charge < -0.3 is 0 Å². The van der Waals surface area contributed by atoms with E-state index in [2.05, 4.69) is 69.3 Å². The molecule has 0 N–H and O–H groups in total. The maximum Gasteiger partial charge on any atom is 0.00637 e. The van der Waals surface area contributed by atoms with E-state index in [1.807, 2.05) is 0 Å². The van der Waals surface area contributed by atoms with E-state index < -0.39 is 0 Å². The monoisotopic (exact) mass is 224 g/mol. The second-order valence-electron chi connectivity index (χ2n) is 4.62. The first kappa shape index (κ1) is 11.9. The Morgan fingerprint density at radius 2 is 1.65 bits per heavy atom. The SMILES string of the molecule is CCc1cccc(C(C)c2ccccc2)c1C. The van der Waals surface area contributed by atoms with Crippen LogP contribution in [-0.4, -0.2) is 0 Å². The molecule has 2 aromatic carbocycles. The molecule has 17 heavy (non-hydrogen) atoms. The summed E-state index contributed by atoms with van der Waals surface area (Å²) in [6, 6.07) is 17.4. The van der Waals surface area contributed by atoms with Crippen LogP contribution in [0.15, 0.2) is 48.5 Å². The molecular formula is C17H20. The van der Waals surface area contributed by atoms with Crippen molar-refractivity contribution in [3.05, 3.63) is 70.8 Å². The van der Waals surface area contributed by atoms with Gasteiger partial charge in [-0.1, -0.05) is 62.4 Å². The fourth-order valence-corrected chi connectivity index (χ4v) is 2.48. The number of rotatable bonds is 3. The van der Waals surface area contributed by atoms with Gasteiger partial charge in [-0.25, -0.2) is 0 Å². The standard InChI is InChI=1S/C17H20/c1-4-15-11-8-12-17(13(15)2)14(3)16-9-6-5-7-10-16/h5-12,14H,4H2,1-3H3. The normalized spacial score (nSPS) is 12.4. The average Bonchev–Trinajstić information content (AvgIpc) is 2.39. The largest absolute Gasteiger partial charge is 0.0622 e. The van der Waals surface area contributed by atoms with Crippen molar-refractivity contribution in [2.45, 2.75) is 33.1 Å². The second kappa shape index (κ2) is 5.18. The van der Waals surface area contributed by atoms with Crippen molar-refractivity contribution in [3.63, 3.8) is 0 Å². The smallest absolute Gasteiger partial charge is 0.00637 e. The summed E-state index contributed by atoms with van der Waals surface area (Å²) in [6.07, 6.45) is 1.11. The van der Waals surface area contributed by atoms with Crippen LogP contribution in [0.4, 0.5) is 0 Å². The molecule has 0 heteroatoms. The molecule has 1 unspecified atom stereocenters. The van der Waals surface area contributed by atoms with Crippen LogP contribution in [0.25, 0.3) is 0 Å². The van der Waals surface area contributed by atoms with Crippen molar-refractivity contribution in [2.24, 2.45) is 0 Å². The molecule has 0 spiro atoms. The first-order valence-corrected chi connectivity index (χ1v) is 6.37. The van der Waals surface area contributed by atoms with Crippen molar-refractivity contribution in [1.82, 2.24) is 0 Å². The van der Waals surface area contributed by atoms with Gasteiger partial charge in [0, 0.05) is 5.92 Å². The zero-order valence-electron chi connectivity index (χ0n) is 10.9. The molecule has 1 atom stereocenters. The lowest BCUT2D eigenvalue weighted by atomic mass is 9.88. The summed E-state index contributed by atoms with van der Waals surface area (Å²) < 4.78 is 0. The van der Waals surface area contributed by atoms with Gasteiger partial charge in [0.1, 0.15) is 0 Å². The van der Waals surface area contributed by atoms with E-state index >= 15 is 0 Å². The minimum Gasteiger partial charge on any atom is -0.0622 e. The predicted octanol–water partition coefficient (Wildman–Crippen LogP) is 4.71. The average molecular weight is 224 g/mol. The van der Waals surface area contributed by atoms with E-state index in [-0.39, 0.29) is 0 Å². The van der Waals surface area contributed by atoms with Crippen molar-refractivity contribution in [2.75, 3.05) is 0 Å². The predicted molar refractivity (Wildman–Crippen MR) is 74.5 cm³/mol. The molecule has 0 aromatic heterocycles. The van der Waals surface area contributed by atoms with E-state index in [0.717, 1.165) is 6.42 Å². The first-order chi connectivity index (χ1) is 8.24.